The Hall–Kier alpha value is -0.340. The fourth-order valence-electron chi connectivity index (χ4n) is 0.669. The van der Waals surface area contributed by atoms with Gasteiger partial charge >= 0.3 is 35.5 Å². The van der Waals surface area contributed by atoms with Crippen LogP contribution in [-0.4, -0.2) is 35.1 Å². The van der Waals surface area contributed by atoms with Crippen molar-refractivity contribution in [2.75, 3.05) is 6.54 Å². The van der Waals surface area contributed by atoms with Gasteiger partial charge in [0.05, 0.1) is 0 Å². The molecule has 14 heavy (non-hydrogen) atoms. The number of hydrogen-bond acceptors (Lipinski definition) is 4. The smallest absolute Gasteiger partial charge is 0.870 e. The number of hydrogen-bond donors (Lipinski definition) is 5. The van der Waals surface area contributed by atoms with Crippen molar-refractivity contribution in [3.05, 3.63) is 0 Å². The molecule has 0 rings (SSSR count). The maximum absolute atomic E-state index is 10.2. The third kappa shape index (κ3) is 11.7. The average molecular weight is 214 g/mol. The SMILES string of the molecule is N=C(N)NCCC[C@H](N)C(=O)O.[Na+].[OH-]. The number of aliphatic carboxylic acids is 1. The van der Waals surface area contributed by atoms with Crippen molar-refractivity contribution in [2.45, 2.75) is 18.9 Å². The van der Waals surface area contributed by atoms with Gasteiger partial charge in [-0.25, -0.2) is 0 Å². The zero-order valence-electron chi connectivity index (χ0n) is 8.16. The Balaban J connectivity index is -0.000000605. The molecule has 1 atom stereocenters. The van der Waals surface area contributed by atoms with Crippen LogP contribution in [0, 0.1) is 5.41 Å². The third-order valence-corrected chi connectivity index (χ3v) is 1.32. The van der Waals surface area contributed by atoms with E-state index < -0.39 is 12.0 Å². The summed E-state index contributed by atoms with van der Waals surface area (Å²) in [4.78, 5) is 10.2. The molecule has 0 aromatic carbocycles. The molecule has 78 valence electrons. The number of carboxylic acids is 1. The molecule has 0 aromatic rings. The van der Waals surface area contributed by atoms with Crippen molar-refractivity contribution in [3.63, 3.8) is 0 Å². The van der Waals surface area contributed by atoms with E-state index in [-0.39, 0.29) is 41.0 Å². The van der Waals surface area contributed by atoms with Crippen molar-refractivity contribution >= 4 is 11.9 Å². The molecule has 0 unspecified atom stereocenters. The fourth-order valence-corrected chi connectivity index (χ4v) is 0.669. The summed E-state index contributed by atoms with van der Waals surface area (Å²) < 4.78 is 0. The number of nitrogens with two attached hydrogens (primary N) is 2. The number of carboxylic acid groups (broad SMARTS) is 1. The van der Waals surface area contributed by atoms with E-state index in [0.29, 0.717) is 19.4 Å². The molecule has 0 bridgehead atoms. The Morgan fingerprint density at radius 3 is 2.43 bits per heavy atom. The quantitative estimate of drug-likeness (QED) is 0.134. The van der Waals surface area contributed by atoms with Gasteiger partial charge in [-0.1, -0.05) is 0 Å². The molecule has 0 aliphatic heterocycles. The van der Waals surface area contributed by atoms with Gasteiger partial charge in [0.1, 0.15) is 6.04 Å². The van der Waals surface area contributed by atoms with Crippen LogP contribution >= 0.6 is 0 Å². The van der Waals surface area contributed by atoms with Crippen molar-refractivity contribution in [1.82, 2.24) is 5.32 Å². The van der Waals surface area contributed by atoms with Crippen LogP contribution in [0.25, 0.3) is 0 Å². The van der Waals surface area contributed by atoms with E-state index in [9.17, 15) is 4.79 Å². The third-order valence-electron chi connectivity index (χ3n) is 1.32. The minimum atomic E-state index is -1.00. The van der Waals surface area contributed by atoms with Crippen molar-refractivity contribution < 1.29 is 44.9 Å². The molecule has 0 spiro atoms. The molecule has 0 saturated heterocycles. The maximum atomic E-state index is 10.2. The number of guanidine groups is 1. The van der Waals surface area contributed by atoms with E-state index >= 15 is 0 Å². The molecule has 0 aliphatic carbocycles. The summed E-state index contributed by atoms with van der Waals surface area (Å²) in [5.41, 5.74) is 10.2. The first kappa shape index (κ1) is 19.3. The summed E-state index contributed by atoms with van der Waals surface area (Å²) >= 11 is 0. The van der Waals surface area contributed by atoms with Crippen LogP contribution in [-0.2, 0) is 4.79 Å². The summed E-state index contributed by atoms with van der Waals surface area (Å²) in [7, 11) is 0. The van der Waals surface area contributed by atoms with Crippen LogP contribution in [0.1, 0.15) is 12.8 Å². The molecule has 0 aromatic heterocycles. The second kappa shape index (κ2) is 10.7. The Morgan fingerprint density at radius 2 is 2.07 bits per heavy atom. The van der Waals surface area contributed by atoms with E-state index in [1.165, 1.54) is 0 Å². The number of carbonyl (C=O) groups is 1. The maximum Gasteiger partial charge on any atom is 1.00 e. The molecule has 0 amide bonds. The van der Waals surface area contributed by atoms with Crippen LogP contribution in [0.15, 0.2) is 0 Å². The topological polar surface area (TPSA) is 155 Å². The van der Waals surface area contributed by atoms with Gasteiger partial charge in [0.2, 0.25) is 0 Å². The Morgan fingerprint density at radius 1 is 1.57 bits per heavy atom. The minimum absolute atomic E-state index is 0. The number of nitrogens with one attached hydrogen (secondary N) is 2. The fraction of sp³-hybridized carbons (Fsp3) is 0.667. The largest absolute Gasteiger partial charge is 1.00 e. The standard InChI is InChI=1S/C6H14N4O2.Na.H2O/c7-4(5(11)12)2-1-3-10-6(8)9;;/h4H,1-3,7H2,(H,11,12)(H4,8,9,10);;1H2/q;+1;/p-1/t4-;;/m0../s1. The zero-order valence-corrected chi connectivity index (χ0v) is 10.2. The van der Waals surface area contributed by atoms with Gasteiger partial charge in [-0.05, 0) is 12.8 Å². The zero-order chi connectivity index (χ0) is 9.56. The van der Waals surface area contributed by atoms with Crippen molar-refractivity contribution in [2.24, 2.45) is 11.5 Å². The van der Waals surface area contributed by atoms with E-state index in [2.05, 4.69) is 5.32 Å². The minimum Gasteiger partial charge on any atom is -0.870 e. The van der Waals surface area contributed by atoms with Crippen LogP contribution in [0.5, 0.6) is 0 Å². The summed E-state index contributed by atoms with van der Waals surface area (Å²) in [6.45, 7) is 0.482. The molecule has 0 radical (unpaired) electrons. The molecule has 8 N–H and O–H groups in total. The van der Waals surface area contributed by atoms with Gasteiger partial charge in [0.15, 0.2) is 5.96 Å². The van der Waals surface area contributed by atoms with Gasteiger partial charge < -0.3 is 27.4 Å². The summed E-state index contributed by atoms with van der Waals surface area (Å²) in [6, 6.07) is -0.821. The van der Waals surface area contributed by atoms with E-state index in [1.807, 2.05) is 0 Å². The van der Waals surface area contributed by atoms with Gasteiger partial charge in [0, 0.05) is 6.54 Å². The van der Waals surface area contributed by atoms with Crippen molar-refractivity contribution in [1.29, 1.82) is 5.41 Å². The first-order valence-corrected chi connectivity index (χ1v) is 3.60. The monoisotopic (exact) mass is 214 g/mol. The van der Waals surface area contributed by atoms with Crippen LogP contribution in [0.2, 0.25) is 0 Å². The predicted octanol–water partition coefficient (Wildman–Crippen LogP) is -4.51. The number of rotatable bonds is 5. The van der Waals surface area contributed by atoms with Crippen LogP contribution < -0.4 is 46.3 Å². The first-order chi connectivity index (χ1) is 5.54. The molecular weight excluding hydrogens is 199 g/mol. The molecule has 0 aliphatic rings. The Labute approximate surface area is 104 Å². The first-order valence-electron chi connectivity index (χ1n) is 3.60. The van der Waals surface area contributed by atoms with Gasteiger partial charge in [-0.3, -0.25) is 10.2 Å². The van der Waals surface area contributed by atoms with E-state index in [0.717, 1.165) is 0 Å². The molecule has 8 heteroatoms. The Kier molecular flexibility index (Phi) is 14.8. The summed E-state index contributed by atoms with van der Waals surface area (Å²) in [5, 5.41) is 17.7. The predicted molar refractivity (Wildman–Crippen MR) is 46.7 cm³/mol. The normalized spacial score (nSPS) is 10.4. The summed E-state index contributed by atoms with van der Waals surface area (Å²) in [6.07, 6.45) is 0.975. The van der Waals surface area contributed by atoms with E-state index in [1.54, 1.807) is 0 Å². The second-order valence-electron chi connectivity index (χ2n) is 2.43. The second-order valence-corrected chi connectivity index (χ2v) is 2.43. The van der Waals surface area contributed by atoms with E-state index in [4.69, 9.17) is 22.0 Å². The van der Waals surface area contributed by atoms with Gasteiger partial charge in [0.25, 0.3) is 0 Å². The summed E-state index contributed by atoms with van der Waals surface area (Å²) in [5.74, 6) is -1.11. The Bertz CT molecular complexity index is 178. The molecular formula is C6H15N4NaO3. The van der Waals surface area contributed by atoms with Gasteiger partial charge in [-0.2, -0.15) is 0 Å². The van der Waals surface area contributed by atoms with Crippen molar-refractivity contribution in [3.8, 4) is 0 Å². The molecule has 0 heterocycles. The molecule has 7 nitrogen and oxygen atoms in total. The molecule has 0 saturated carbocycles. The van der Waals surface area contributed by atoms with Gasteiger partial charge in [-0.15, -0.1) is 0 Å². The molecule has 0 fully saturated rings. The average Bonchev–Trinajstić information content (AvgIpc) is 1.97. The van der Waals surface area contributed by atoms with Crippen LogP contribution in [0.4, 0.5) is 0 Å². The van der Waals surface area contributed by atoms with Crippen LogP contribution in [0.3, 0.4) is 0 Å².